The predicted octanol–water partition coefficient (Wildman–Crippen LogP) is 4.04. The van der Waals surface area contributed by atoms with Crippen molar-refractivity contribution in [3.63, 3.8) is 0 Å². The van der Waals surface area contributed by atoms with E-state index in [1.807, 2.05) is 60.7 Å². The Labute approximate surface area is 175 Å². The molecule has 148 valence electrons. The number of amides is 2. The van der Waals surface area contributed by atoms with Gasteiger partial charge in [-0.3, -0.25) is 9.59 Å². The van der Waals surface area contributed by atoms with Gasteiger partial charge in [-0.25, -0.2) is 0 Å². The fraction of sp³-hybridized carbons (Fsp3) is 0.167. The highest BCUT2D eigenvalue weighted by Gasteiger charge is 2.21. The number of carbonyl (C=O) groups is 2. The molecule has 1 atom stereocenters. The molecule has 0 aliphatic heterocycles. The molecule has 3 aromatic carbocycles. The Hall–Kier alpha value is -3.11. The molecule has 0 aliphatic carbocycles. The summed E-state index contributed by atoms with van der Waals surface area (Å²) < 4.78 is 0. The van der Waals surface area contributed by atoms with Crippen molar-refractivity contribution in [3.8, 4) is 0 Å². The van der Waals surface area contributed by atoms with Crippen LogP contribution in [-0.2, 0) is 17.6 Å². The first-order valence-corrected chi connectivity index (χ1v) is 9.91. The zero-order valence-corrected chi connectivity index (χ0v) is 16.7. The standard InChI is InChI=1S/C24H23ClN2O2/c25-21-13-11-18(12-14-21)15-16-26-24(29)22(17-19-7-3-1-4-8-19)27-23(28)20-9-5-2-6-10-20/h1-14,22H,15-17H2,(H,26,29)(H,27,28)/t22-/m1/s1. The molecule has 0 unspecified atom stereocenters. The molecule has 2 N–H and O–H groups in total. The first-order chi connectivity index (χ1) is 14.1. The van der Waals surface area contributed by atoms with Gasteiger partial charge in [0.2, 0.25) is 5.91 Å². The van der Waals surface area contributed by atoms with E-state index in [9.17, 15) is 9.59 Å². The Morgan fingerprint density at radius 2 is 1.41 bits per heavy atom. The van der Waals surface area contributed by atoms with Gasteiger partial charge in [-0.05, 0) is 41.8 Å². The number of nitrogens with one attached hydrogen (secondary N) is 2. The van der Waals surface area contributed by atoms with Crippen molar-refractivity contribution in [2.24, 2.45) is 0 Å². The molecule has 2 amide bonds. The van der Waals surface area contributed by atoms with Crippen molar-refractivity contribution in [3.05, 3.63) is 107 Å². The number of hydrogen-bond donors (Lipinski definition) is 2. The highest BCUT2D eigenvalue weighted by Crippen LogP contribution is 2.10. The summed E-state index contributed by atoms with van der Waals surface area (Å²) >= 11 is 5.90. The summed E-state index contributed by atoms with van der Waals surface area (Å²) in [6.07, 6.45) is 1.11. The molecule has 0 aromatic heterocycles. The molecule has 3 rings (SSSR count). The third kappa shape index (κ3) is 6.47. The summed E-state index contributed by atoms with van der Waals surface area (Å²) in [7, 11) is 0. The van der Waals surface area contributed by atoms with E-state index < -0.39 is 6.04 Å². The van der Waals surface area contributed by atoms with Crippen LogP contribution < -0.4 is 10.6 Å². The van der Waals surface area contributed by atoms with E-state index in [2.05, 4.69) is 10.6 Å². The maximum Gasteiger partial charge on any atom is 0.251 e. The second kappa shape index (κ2) is 10.4. The van der Waals surface area contributed by atoms with E-state index in [0.717, 1.165) is 11.1 Å². The highest BCUT2D eigenvalue weighted by atomic mass is 35.5. The van der Waals surface area contributed by atoms with E-state index in [1.165, 1.54) is 0 Å². The second-order valence-electron chi connectivity index (χ2n) is 6.75. The zero-order chi connectivity index (χ0) is 20.5. The quantitative estimate of drug-likeness (QED) is 0.593. The van der Waals surface area contributed by atoms with Gasteiger partial charge in [-0.15, -0.1) is 0 Å². The number of hydrogen-bond acceptors (Lipinski definition) is 2. The molecule has 0 aliphatic rings. The van der Waals surface area contributed by atoms with Gasteiger partial charge in [-0.1, -0.05) is 72.3 Å². The molecule has 5 heteroatoms. The topological polar surface area (TPSA) is 58.2 Å². The van der Waals surface area contributed by atoms with Crippen LogP contribution in [0.5, 0.6) is 0 Å². The van der Waals surface area contributed by atoms with Gasteiger partial charge in [0.15, 0.2) is 0 Å². The van der Waals surface area contributed by atoms with E-state index in [4.69, 9.17) is 11.6 Å². The summed E-state index contributed by atoms with van der Waals surface area (Å²) in [4.78, 5) is 25.4. The molecule has 0 spiro atoms. The van der Waals surface area contributed by atoms with Gasteiger partial charge in [0.25, 0.3) is 5.91 Å². The summed E-state index contributed by atoms with van der Waals surface area (Å²) in [6, 6.07) is 25.4. The lowest BCUT2D eigenvalue weighted by molar-refractivity contribution is -0.122. The SMILES string of the molecule is O=C(N[C@H](Cc1ccccc1)C(=O)NCCc1ccc(Cl)cc1)c1ccccc1. The van der Waals surface area contributed by atoms with Crippen molar-refractivity contribution in [1.29, 1.82) is 0 Å². The minimum absolute atomic E-state index is 0.202. The lowest BCUT2D eigenvalue weighted by Gasteiger charge is -2.19. The van der Waals surface area contributed by atoms with Gasteiger partial charge in [0, 0.05) is 23.6 Å². The minimum Gasteiger partial charge on any atom is -0.354 e. The Bertz CT molecular complexity index is 928. The normalized spacial score (nSPS) is 11.5. The van der Waals surface area contributed by atoms with E-state index in [1.54, 1.807) is 24.3 Å². The van der Waals surface area contributed by atoms with Crippen LogP contribution in [0.15, 0.2) is 84.9 Å². The smallest absolute Gasteiger partial charge is 0.251 e. The third-order valence-electron chi connectivity index (χ3n) is 4.57. The molecule has 4 nitrogen and oxygen atoms in total. The van der Waals surface area contributed by atoms with Crippen LogP contribution in [0.1, 0.15) is 21.5 Å². The lowest BCUT2D eigenvalue weighted by atomic mass is 10.0. The molecule has 0 saturated heterocycles. The summed E-state index contributed by atoms with van der Waals surface area (Å²) in [6.45, 7) is 0.479. The van der Waals surface area contributed by atoms with Crippen LogP contribution >= 0.6 is 11.6 Å². The van der Waals surface area contributed by atoms with Crippen molar-refractivity contribution in [2.75, 3.05) is 6.54 Å². The van der Waals surface area contributed by atoms with Crippen LogP contribution in [0.3, 0.4) is 0 Å². The Morgan fingerprint density at radius 3 is 2.07 bits per heavy atom. The molecule has 0 fully saturated rings. The van der Waals surface area contributed by atoms with Gasteiger partial charge in [0.1, 0.15) is 6.04 Å². The van der Waals surface area contributed by atoms with Crippen molar-refractivity contribution < 1.29 is 9.59 Å². The largest absolute Gasteiger partial charge is 0.354 e. The fourth-order valence-electron chi connectivity index (χ4n) is 2.99. The maximum atomic E-state index is 12.8. The summed E-state index contributed by atoms with van der Waals surface area (Å²) in [5.74, 6) is -0.466. The first kappa shape index (κ1) is 20.6. The Kier molecular flexibility index (Phi) is 7.42. The van der Waals surface area contributed by atoms with E-state index >= 15 is 0 Å². The van der Waals surface area contributed by atoms with E-state index in [-0.39, 0.29) is 11.8 Å². The molecule has 3 aromatic rings. The lowest BCUT2D eigenvalue weighted by Crippen LogP contribution is -2.48. The first-order valence-electron chi connectivity index (χ1n) is 9.54. The van der Waals surface area contributed by atoms with Crippen molar-refractivity contribution >= 4 is 23.4 Å². The number of carbonyl (C=O) groups excluding carboxylic acids is 2. The Balaban J connectivity index is 1.63. The van der Waals surface area contributed by atoms with E-state index in [0.29, 0.717) is 30.0 Å². The fourth-order valence-corrected chi connectivity index (χ4v) is 3.12. The van der Waals surface area contributed by atoms with Crippen LogP contribution in [-0.4, -0.2) is 24.4 Å². The zero-order valence-electron chi connectivity index (χ0n) is 16.0. The number of halogens is 1. The van der Waals surface area contributed by atoms with Gasteiger partial charge in [0.05, 0.1) is 0 Å². The van der Waals surface area contributed by atoms with Crippen molar-refractivity contribution in [1.82, 2.24) is 10.6 Å². The summed E-state index contributed by atoms with van der Waals surface area (Å²) in [5, 5.41) is 6.49. The summed E-state index contributed by atoms with van der Waals surface area (Å²) in [5.41, 5.74) is 2.60. The second-order valence-corrected chi connectivity index (χ2v) is 7.19. The monoisotopic (exact) mass is 406 g/mol. The molecule has 29 heavy (non-hydrogen) atoms. The molecule has 0 bridgehead atoms. The number of benzene rings is 3. The van der Waals surface area contributed by atoms with Crippen LogP contribution in [0.25, 0.3) is 0 Å². The van der Waals surface area contributed by atoms with Crippen molar-refractivity contribution in [2.45, 2.75) is 18.9 Å². The molecule has 0 radical (unpaired) electrons. The Morgan fingerprint density at radius 1 is 0.793 bits per heavy atom. The third-order valence-corrected chi connectivity index (χ3v) is 4.82. The molecular weight excluding hydrogens is 384 g/mol. The molecular formula is C24H23ClN2O2. The maximum absolute atomic E-state index is 12.8. The predicted molar refractivity (Wildman–Crippen MR) is 116 cm³/mol. The van der Waals surface area contributed by atoms with Gasteiger partial charge in [-0.2, -0.15) is 0 Å². The van der Waals surface area contributed by atoms with Crippen LogP contribution in [0.2, 0.25) is 5.02 Å². The van der Waals surface area contributed by atoms with Crippen LogP contribution in [0, 0.1) is 0 Å². The van der Waals surface area contributed by atoms with Gasteiger partial charge >= 0.3 is 0 Å². The minimum atomic E-state index is -0.657. The average molecular weight is 407 g/mol. The van der Waals surface area contributed by atoms with Crippen LogP contribution in [0.4, 0.5) is 0 Å². The van der Waals surface area contributed by atoms with Gasteiger partial charge < -0.3 is 10.6 Å². The number of rotatable bonds is 8. The molecule has 0 heterocycles. The average Bonchev–Trinajstić information content (AvgIpc) is 2.76. The highest BCUT2D eigenvalue weighted by molar-refractivity contribution is 6.30. The molecule has 0 saturated carbocycles.